The molecule has 0 unspecified atom stereocenters. The molecule has 0 aliphatic heterocycles. The van der Waals surface area contributed by atoms with Crippen LogP contribution in [0.2, 0.25) is 0 Å². The van der Waals surface area contributed by atoms with E-state index in [1.54, 1.807) is 31.2 Å². The van der Waals surface area contributed by atoms with Crippen molar-refractivity contribution in [1.82, 2.24) is 37.2 Å². The van der Waals surface area contributed by atoms with Crippen LogP contribution in [-0.4, -0.2) is 80.1 Å². The zero-order valence-corrected chi connectivity index (χ0v) is 25.3. The van der Waals surface area contributed by atoms with Crippen molar-refractivity contribution in [2.45, 2.75) is 71.5 Å². The summed E-state index contributed by atoms with van der Waals surface area (Å²) in [7, 11) is 0. The fraction of sp³-hybridized carbons (Fsp3) is 0.643. The van der Waals surface area contributed by atoms with Crippen LogP contribution >= 0.6 is 0 Å². The first kappa shape index (κ1) is 36.1. The minimum atomic E-state index is -0.688. The number of unbranched alkanes of at least 4 members (excludes halogenated alkanes) is 1. The van der Waals surface area contributed by atoms with Crippen molar-refractivity contribution in [3.63, 3.8) is 0 Å². The summed E-state index contributed by atoms with van der Waals surface area (Å²) >= 11 is 0. The molecule has 0 heterocycles. The highest BCUT2D eigenvalue weighted by atomic mass is 16.3. The van der Waals surface area contributed by atoms with Crippen molar-refractivity contribution < 1.29 is 24.3 Å². The Kier molecular flexibility index (Phi) is 17.2. The summed E-state index contributed by atoms with van der Waals surface area (Å²) in [4.78, 5) is 48.6. The second-order valence-electron chi connectivity index (χ2n) is 11.0. The molecule has 1 aromatic carbocycles. The quantitative estimate of drug-likeness (QED) is 0.112. The lowest BCUT2D eigenvalue weighted by molar-refractivity contribution is 0.223. The number of amides is 8. The summed E-state index contributed by atoms with van der Waals surface area (Å²) in [6, 6.07) is 3.47. The second kappa shape index (κ2) is 20.0. The maximum absolute atomic E-state index is 12.8. The molecule has 0 saturated heterocycles. The minimum Gasteiger partial charge on any atom is -0.508 e. The molecule has 0 bridgehead atoms. The van der Waals surface area contributed by atoms with E-state index in [2.05, 4.69) is 44.1 Å². The molecule has 12 N–H and O–H groups in total. The largest absolute Gasteiger partial charge is 0.508 e. The van der Waals surface area contributed by atoms with E-state index in [4.69, 9.17) is 11.5 Å². The van der Waals surface area contributed by atoms with E-state index >= 15 is 0 Å². The molecule has 8 amide bonds. The summed E-state index contributed by atoms with van der Waals surface area (Å²) < 4.78 is 0. The minimum absolute atomic E-state index is 0.0576. The fourth-order valence-electron chi connectivity index (χ4n) is 4.00. The Morgan fingerprint density at radius 1 is 0.762 bits per heavy atom. The molecular formula is C28H51N9O5. The van der Waals surface area contributed by atoms with Crippen LogP contribution in [0.5, 0.6) is 5.75 Å². The Morgan fingerprint density at radius 3 is 1.98 bits per heavy atom. The van der Waals surface area contributed by atoms with Crippen LogP contribution < -0.4 is 48.7 Å². The molecular weight excluding hydrogens is 542 g/mol. The molecule has 0 radical (unpaired) electrons. The van der Waals surface area contributed by atoms with Gasteiger partial charge in [0.15, 0.2) is 0 Å². The predicted octanol–water partition coefficient (Wildman–Crippen LogP) is 1.05. The molecule has 1 aromatic rings. The Labute approximate surface area is 248 Å². The van der Waals surface area contributed by atoms with Crippen LogP contribution in [-0.2, 0) is 6.42 Å². The normalized spacial score (nSPS) is 13.7. The van der Waals surface area contributed by atoms with E-state index in [0.717, 1.165) is 24.8 Å². The van der Waals surface area contributed by atoms with E-state index in [1.165, 1.54) is 0 Å². The van der Waals surface area contributed by atoms with Crippen LogP contribution in [0.15, 0.2) is 24.3 Å². The lowest BCUT2D eigenvalue weighted by atomic mass is 10.0. The molecule has 0 spiro atoms. The maximum atomic E-state index is 12.8. The summed E-state index contributed by atoms with van der Waals surface area (Å²) in [5.74, 6) is 0.511. The molecule has 14 heteroatoms. The van der Waals surface area contributed by atoms with Gasteiger partial charge >= 0.3 is 24.1 Å². The van der Waals surface area contributed by atoms with Crippen molar-refractivity contribution in [3.8, 4) is 5.75 Å². The zero-order valence-electron chi connectivity index (χ0n) is 25.3. The number of nitrogens with one attached hydrogen (secondary N) is 7. The maximum Gasteiger partial charge on any atom is 0.315 e. The molecule has 0 aliphatic carbocycles. The molecule has 0 fully saturated rings. The van der Waals surface area contributed by atoms with Crippen LogP contribution in [0.1, 0.15) is 52.5 Å². The smallest absolute Gasteiger partial charge is 0.315 e. The molecule has 0 saturated carbocycles. The van der Waals surface area contributed by atoms with E-state index in [-0.39, 0.29) is 49.4 Å². The first-order valence-corrected chi connectivity index (χ1v) is 14.5. The third-order valence-corrected chi connectivity index (χ3v) is 6.59. The van der Waals surface area contributed by atoms with Gasteiger partial charge in [-0.25, -0.2) is 19.2 Å². The number of carbonyl (C=O) groups is 4. The van der Waals surface area contributed by atoms with E-state index < -0.39 is 24.1 Å². The van der Waals surface area contributed by atoms with Gasteiger partial charge < -0.3 is 53.8 Å². The Bertz CT molecular complexity index is 962. The van der Waals surface area contributed by atoms with Crippen molar-refractivity contribution in [3.05, 3.63) is 29.8 Å². The Balaban J connectivity index is 2.66. The molecule has 1 rings (SSSR count). The van der Waals surface area contributed by atoms with E-state index in [0.29, 0.717) is 25.4 Å². The number of phenolic OH excluding ortho intramolecular Hbond substituents is 1. The first-order valence-electron chi connectivity index (χ1n) is 14.5. The topological polar surface area (TPSA) is 225 Å². The lowest BCUT2D eigenvalue weighted by Gasteiger charge is -2.25. The number of aromatic hydroxyl groups is 1. The Hall–Kier alpha value is -3.94. The highest BCUT2D eigenvalue weighted by Gasteiger charge is 2.20. The number of nitrogens with two attached hydrogens (primary N) is 2. The van der Waals surface area contributed by atoms with Gasteiger partial charge in [0.1, 0.15) is 5.75 Å². The standard InChI is InChI=1S/C28H51N9O5/c1-18(2)24(37-28(42)32-14-19(3)7-5-6-12-29)17-34-27(41)36-22(13-21-8-10-23(38)11-9-21)16-33-26(40)35-20(4)15-31-25(30)39/h8-11,18-20,22,24,38H,5-7,12-17,29H2,1-4H3,(H3,30,31,39)(H2,32,37,42)(H2,33,35,40)(H2,34,36,41)/t19-,20-,22-,24+/m0/s1. The van der Waals surface area contributed by atoms with Gasteiger partial charge in [-0.3, -0.25) is 0 Å². The third kappa shape index (κ3) is 17.0. The monoisotopic (exact) mass is 593 g/mol. The van der Waals surface area contributed by atoms with Gasteiger partial charge in [-0.1, -0.05) is 39.3 Å². The summed E-state index contributed by atoms with van der Waals surface area (Å²) in [5, 5.41) is 28.9. The van der Waals surface area contributed by atoms with Gasteiger partial charge in [0, 0.05) is 32.2 Å². The van der Waals surface area contributed by atoms with Gasteiger partial charge in [-0.05, 0) is 62.3 Å². The van der Waals surface area contributed by atoms with Crippen LogP contribution in [0.4, 0.5) is 19.2 Å². The number of hydrogen-bond donors (Lipinski definition) is 10. The molecule has 42 heavy (non-hydrogen) atoms. The molecule has 4 atom stereocenters. The number of hydrogen-bond acceptors (Lipinski definition) is 6. The highest BCUT2D eigenvalue weighted by Crippen LogP contribution is 2.11. The number of primary amides is 1. The van der Waals surface area contributed by atoms with Crippen molar-refractivity contribution in [2.24, 2.45) is 23.3 Å². The zero-order chi connectivity index (χ0) is 31.5. The number of urea groups is 4. The molecule has 0 aliphatic rings. The highest BCUT2D eigenvalue weighted by molar-refractivity contribution is 5.76. The van der Waals surface area contributed by atoms with Crippen molar-refractivity contribution >= 4 is 24.1 Å². The second-order valence-corrected chi connectivity index (χ2v) is 11.0. The van der Waals surface area contributed by atoms with Crippen LogP contribution in [0.3, 0.4) is 0 Å². The van der Waals surface area contributed by atoms with E-state index in [9.17, 15) is 24.3 Å². The lowest BCUT2D eigenvalue weighted by Crippen LogP contribution is -2.55. The van der Waals surface area contributed by atoms with E-state index in [1.807, 2.05) is 13.8 Å². The van der Waals surface area contributed by atoms with Gasteiger partial charge in [0.25, 0.3) is 0 Å². The number of benzene rings is 1. The number of carbonyl (C=O) groups excluding carboxylic acids is 4. The fourth-order valence-corrected chi connectivity index (χ4v) is 4.00. The summed E-state index contributed by atoms with van der Waals surface area (Å²) in [5.41, 5.74) is 11.4. The van der Waals surface area contributed by atoms with Gasteiger partial charge in [-0.15, -0.1) is 0 Å². The summed E-state index contributed by atoms with van der Waals surface area (Å²) in [6.07, 6.45) is 3.36. The summed E-state index contributed by atoms with van der Waals surface area (Å²) in [6.45, 7) is 9.38. The third-order valence-electron chi connectivity index (χ3n) is 6.59. The van der Waals surface area contributed by atoms with Crippen LogP contribution in [0.25, 0.3) is 0 Å². The number of rotatable bonds is 18. The molecule has 238 valence electrons. The van der Waals surface area contributed by atoms with Crippen LogP contribution in [0, 0.1) is 11.8 Å². The average Bonchev–Trinajstić information content (AvgIpc) is 2.92. The van der Waals surface area contributed by atoms with Crippen molar-refractivity contribution in [2.75, 3.05) is 32.7 Å². The number of phenols is 1. The molecule has 0 aromatic heterocycles. The van der Waals surface area contributed by atoms with Gasteiger partial charge in [0.05, 0.1) is 12.1 Å². The average molecular weight is 594 g/mol. The van der Waals surface area contributed by atoms with Gasteiger partial charge in [-0.2, -0.15) is 0 Å². The predicted molar refractivity (Wildman–Crippen MR) is 163 cm³/mol. The SMILES string of the molecule is CC(C)[C@@H](CNC(=O)N[C@H](CNC(=O)N[C@@H](C)CNC(N)=O)Cc1ccc(O)cc1)NC(=O)NC[C@@H](C)CCCCN. The molecule has 14 nitrogen and oxygen atoms in total. The first-order chi connectivity index (χ1) is 19.9. The Morgan fingerprint density at radius 2 is 1.36 bits per heavy atom. The van der Waals surface area contributed by atoms with Crippen molar-refractivity contribution in [1.29, 1.82) is 0 Å². The van der Waals surface area contributed by atoms with Gasteiger partial charge in [0.2, 0.25) is 0 Å².